The highest BCUT2D eigenvalue weighted by Gasteiger charge is 2.21. The van der Waals surface area contributed by atoms with Crippen LogP contribution in [0.25, 0.3) is 0 Å². The largest absolute Gasteiger partial charge is 0.338 e. The quantitative estimate of drug-likeness (QED) is 0.768. The molecule has 1 aliphatic rings. The van der Waals surface area contributed by atoms with Gasteiger partial charge in [-0.3, -0.25) is 0 Å². The van der Waals surface area contributed by atoms with Gasteiger partial charge >= 0.3 is 6.03 Å². The molecule has 0 fully saturated rings. The first kappa shape index (κ1) is 12.0. The van der Waals surface area contributed by atoms with E-state index in [1.54, 1.807) is 0 Å². The summed E-state index contributed by atoms with van der Waals surface area (Å²) < 4.78 is 0. The molecular weight excluding hydrogens is 212 g/mol. The molecule has 17 heavy (non-hydrogen) atoms. The maximum absolute atomic E-state index is 11.6. The van der Waals surface area contributed by atoms with Gasteiger partial charge in [0.15, 0.2) is 0 Å². The van der Waals surface area contributed by atoms with Gasteiger partial charge in [0.1, 0.15) is 0 Å². The normalized spacial score (nSPS) is 14.4. The number of carbonyl (C=O) groups excluding carboxylic acids is 1. The number of carbonyl (C=O) groups is 1. The molecule has 0 saturated carbocycles. The molecule has 1 aliphatic carbocycles. The van der Waals surface area contributed by atoms with Crippen LogP contribution >= 0.6 is 0 Å². The summed E-state index contributed by atoms with van der Waals surface area (Å²) in [4.78, 5) is 11.6. The molecule has 0 saturated heterocycles. The van der Waals surface area contributed by atoms with Crippen molar-refractivity contribution in [3.63, 3.8) is 0 Å². The number of benzene rings is 1. The average Bonchev–Trinajstić information content (AvgIpc) is 2.71. The number of fused-ring (bicyclic) bond motifs is 1. The van der Waals surface area contributed by atoms with E-state index in [9.17, 15) is 4.79 Å². The van der Waals surface area contributed by atoms with Gasteiger partial charge in [-0.05, 0) is 30.4 Å². The zero-order chi connectivity index (χ0) is 12.1. The molecule has 0 aliphatic heterocycles. The second-order valence-electron chi connectivity index (χ2n) is 4.63. The first-order valence-corrected chi connectivity index (χ1v) is 6.40. The van der Waals surface area contributed by atoms with E-state index >= 15 is 0 Å². The maximum Gasteiger partial charge on any atom is 0.315 e. The molecule has 2 amide bonds. The van der Waals surface area contributed by atoms with Gasteiger partial charge in [-0.25, -0.2) is 4.79 Å². The Morgan fingerprint density at radius 1 is 1.29 bits per heavy atom. The van der Waals surface area contributed by atoms with Crippen molar-refractivity contribution in [3.8, 4) is 0 Å². The van der Waals surface area contributed by atoms with Crippen LogP contribution in [-0.4, -0.2) is 18.6 Å². The number of amides is 2. The molecule has 0 radical (unpaired) electrons. The van der Waals surface area contributed by atoms with E-state index < -0.39 is 0 Å². The van der Waals surface area contributed by atoms with Crippen LogP contribution in [0.2, 0.25) is 0 Å². The summed E-state index contributed by atoms with van der Waals surface area (Å²) in [7, 11) is 0. The van der Waals surface area contributed by atoms with Crippen LogP contribution in [0.4, 0.5) is 4.79 Å². The SMILES string of the molecule is CCCCNC(=O)NC1Cc2ccccc2C1. The Labute approximate surface area is 103 Å². The Hall–Kier alpha value is -1.51. The number of nitrogens with one attached hydrogen (secondary N) is 2. The number of rotatable bonds is 4. The third kappa shape index (κ3) is 3.22. The van der Waals surface area contributed by atoms with Gasteiger partial charge in [-0.15, -0.1) is 0 Å². The molecule has 92 valence electrons. The van der Waals surface area contributed by atoms with E-state index in [0.717, 1.165) is 32.2 Å². The molecule has 2 rings (SSSR count). The first-order chi connectivity index (χ1) is 8.29. The fraction of sp³-hybridized carbons (Fsp3) is 0.500. The predicted molar refractivity (Wildman–Crippen MR) is 69.1 cm³/mol. The molecule has 0 bridgehead atoms. The number of hydrogen-bond acceptors (Lipinski definition) is 1. The van der Waals surface area contributed by atoms with Crippen molar-refractivity contribution in [1.82, 2.24) is 10.6 Å². The van der Waals surface area contributed by atoms with Crippen molar-refractivity contribution in [3.05, 3.63) is 35.4 Å². The standard InChI is InChI=1S/C14H20N2O/c1-2-3-8-15-14(17)16-13-9-11-6-4-5-7-12(11)10-13/h4-7,13H,2-3,8-10H2,1H3,(H2,15,16,17). The molecule has 3 heteroatoms. The van der Waals surface area contributed by atoms with Gasteiger partial charge in [0.2, 0.25) is 0 Å². The second-order valence-corrected chi connectivity index (χ2v) is 4.63. The minimum absolute atomic E-state index is 0.0312. The molecule has 0 atom stereocenters. The summed E-state index contributed by atoms with van der Waals surface area (Å²) in [5.74, 6) is 0. The Bertz CT molecular complexity index is 365. The molecule has 2 N–H and O–H groups in total. The molecule has 3 nitrogen and oxygen atoms in total. The van der Waals surface area contributed by atoms with Gasteiger partial charge < -0.3 is 10.6 Å². The lowest BCUT2D eigenvalue weighted by atomic mass is 10.1. The summed E-state index contributed by atoms with van der Waals surface area (Å²) in [5.41, 5.74) is 2.73. The van der Waals surface area contributed by atoms with E-state index in [4.69, 9.17) is 0 Å². The zero-order valence-corrected chi connectivity index (χ0v) is 10.3. The average molecular weight is 232 g/mol. The summed E-state index contributed by atoms with van der Waals surface area (Å²) >= 11 is 0. The summed E-state index contributed by atoms with van der Waals surface area (Å²) in [6.45, 7) is 2.88. The summed E-state index contributed by atoms with van der Waals surface area (Å²) in [5, 5.41) is 5.92. The van der Waals surface area contributed by atoms with E-state index in [1.807, 2.05) is 0 Å². The van der Waals surface area contributed by atoms with Crippen molar-refractivity contribution < 1.29 is 4.79 Å². The van der Waals surface area contributed by atoms with E-state index in [2.05, 4.69) is 41.8 Å². The van der Waals surface area contributed by atoms with Gasteiger partial charge in [0.25, 0.3) is 0 Å². The molecule has 0 aromatic heterocycles. The van der Waals surface area contributed by atoms with Gasteiger partial charge in [0.05, 0.1) is 0 Å². The highest BCUT2D eigenvalue weighted by Crippen LogP contribution is 2.21. The highest BCUT2D eigenvalue weighted by atomic mass is 16.2. The summed E-state index contributed by atoms with van der Waals surface area (Å²) in [6.07, 6.45) is 4.06. The Balaban J connectivity index is 1.77. The Morgan fingerprint density at radius 2 is 1.94 bits per heavy atom. The minimum atomic E-state index is -0.0312. The van der Waals surface area contributed by atoms with Crippen LogP contribution in [0, 0.1) is 0 Å². The van der Waals surface area contributed by atoms with Crippen molar-refractivity contribution in [2.45, 2.75) is 38.6 Å². The second kappa shape index (κ2) is 5.71. The van der Waals surface area contributed by atoms with Gasteiger partial charge in [-0.2, -0.15) is 0 Å². The fourth-order valence-corrected chi connectivity index (χ4v) is 2.28. The lowest BCUT2D eigenvalue weighted by Gasteiger charge is -2.12. The lowest BCUT2D eigenvalue weighted by molar-refractivity contribution is 0.237. The zero-order valence-electron chi connectivity index (χ0n) is 10.3. The smallest absolute Gasteiger partial charge is 0.315 e. The predicted octanol–water partition coefficient (Wildman–Crippen LogP) is 2.25. The number of unbranched alkanes of at least 4 members (excludes halogenated alkanes) is 1. The van der Waals surface area contributed by atoms with Crippen LogP contribution in [-0.2, 0) is 12.8 Å². The number of hydrogen-bond donors (Lipinski definition) is 2. The van der Waals surface area contributed by atoms with E-state index in [1.165, 1.54) is 11.1 Å². The van der Waals surface area contributed by atoms with Crippen LogP contribution in [0.3, 0.4) is 0 Å². The minimum Gasteiger partial charge on any atom is -0.338 e. The summed E-state index contributed by atoms with van der Waals surface area (Å²) in [6, 6.07) is 8.63. The molecular formula is C14H20N2O. The third-order valence-corrected chi connectivity index (χ3v) is 3.20. The van der Waals surface area contributed by atoms with Crippen molar-refractivity contribution in [2.24, 2.45) is 0 Å². The van der Waals surface area contributed by atoms with Crippen LogP contribution in [0.1, 0.15) is 30.9 Å². The number of urea groups is 1. The van der Waals surface area contributed by atoms with E-state index in [0.29, 0.717) is 0 Å². The molecule has 0 unspecified atom stereocenters. The van der Waals surface area contributed by atoms with Crippen molar-refractivity contribution >= 4 is 6.03 Å². The Morgan fingerprint density at radius 3 is 2.53 bits per heavy atom. The highest BCUT2D eigenvalue weighted by molar-refractivity contribution is 5.74. The van der Waals surface area contributed by atoms with Crippen LogP contribution in [0.15, 0.2) is 24.3 Å². The third-order valence-electron chi connectivity index (χ3n) is 3.20. The molecule has 0 spiro atoms. The van der Waals surface area contributed by atoms with Gasteiger partial charge in [-0.1, -0.05) is 37.6 Å². The van der Waals surface area contributed by atoms with E-state index in [-0.39, 0.29) is 12.1 Å². The molecule has 1 aromatic carbocycles. The van der Waals surface area contributed by atoms with Crippen LogP contribution < -0.4 is 10.6 Å². The molecule has 1 aromatic rings. The van der Waals surface area contributed by atoms with Gasteiger partial charge in [0, 0.05) is 12.6 Å². The lowest BCUT2D eigenvalue weighted by Crippen LogP contribution is -2.42. The first-order valence-electron chi connectivity index (χ1n) is 6.40. The molecule has 0 heterocycles. The van der Waals surface area contributed by atoms with Crippen LogP contribution in [0.5, 0.6) is 0 Å². The monoisotopic (exact) mass is 232 g/mol. The van der Waals surface area contributed by atoms with Crippen molar-refractivity contribution in [2.75, 3.05) is 6.54 Å². The van der Waals surface area contributed by atoms with Crippen molar-refractivity contribution in [1.29, 1.82) is 0 Å². The maximum atomic E-state index is 11.6. The topological polar surface area (TPSA) is 41.1 Å². The fourth-order valence-electron chi connectivity index (χ4n) is 2.28. The Kier molecular flexibility index (Phi) is 4.02.